The summed E-state index contributed by atoms with van der Waals surface area (Å²) < 4.78 is 39.6. The second kappa shape index (κ2) is 10.6. The first kappa shape index (κ1) is 24.4. The lowest BCUT2D eigenvalue weighted by Gasteiger charge is -2.29. The number of aromatic nitrogens is 3. The summed E-state index contributed by atoms with van der Waals surface area (Å²) in [5.74, 6) is 1.69. The fourth-order valence-corrected chi connectivity index (χ4v) is 6.31. The minimum Gasteiger partial charge on any atom is -0.474 e. The molecule has 1 aliphatic rings. The first-order valence-corrected chi connectivity index (χ1v) is 12.9. The van der Waals surface area contributed by atoms with Gasteiger partial charge in [0.2, 0.25) is 21.8 Å². The Morgan fingerprint density at radius 3 is 2.66 bits per heavy atom. The molecule has 1 aliphatic heterocycles. The standard InChI is InChI=1S/C23H34N4O4S/c1-6-7-13-32(28,29)27-16(2)10-11-20(27)14-17(3)30-22-18(4)23(26-15-25-22)31-21-9-8-12-24-19(21)5/h8-9,12,15-17,20H,6-7,10-11,13-14H2,1-5H3/t16?,17-,20?/m1/s1. The van der Waals surface area contributed by atoms with Gasteiger partial charge in [-0.2, -0.15) is 4.31 Å². The van der Waals surface area contributed by atoms with Crippen LogP contribution in [0.5, 0.6) is 17.5 Å². The lowest BCUT2D eigenvalue weighted by atomic mass is 10.1. The van der Waals surface area contributed by atoms with E-state index in [0.717, 1.165) is 25.0 Å². The van der Waals surface area contributed by atoms with Crippen molar-refractivity contribution in [1.29, 1.82) is 0 Å². The Hall–Kier alpha value is -2.26. The van der Waals surface area contributed by atoms with E-state index in [1.165, 1.54) is 6.33 Å². The van der Waals surface area contributed by atoms with Gasteiger partial charge in [-0.3, -0.25) is 4.98 Å². The molecule has 0 N–H and O–H groups in total. The third kappa shape index (κ3) is 5.75. The molecule has 0 radical (unpaired) electrons. The van der Waals surface area contributed by atoms with E-state index in [-0.39, 0.29) is 23.9 Å². The molecule has 2 aromatic heterocycles. The van der Waals surface area contributed by atoms with Gasteiger partial charge in [0.15, 0.2) is 5.75 Å². The molecule has 176 valence electrons. The zero-order valence-electron chi connectivity index (χ0n) is 19.6. The number of hydrogen-bond donors (Lipinski definition) is 0. The normalized spacial score (nSPS) is 20.3. The number of pyridine rings is 1. The molecule has 1 saturated heterocycles. The highest BCUT2D eigenvalue weighted by atomic mass is 32.2. The van der Waals surface area contributed by atoms with Crippen LogP contribution in [-0.2, 0) is 10.0 Å². The predicted octanol–water partition coefficient (Wildman–Crippen LogP) is 4.42. The molecule has 0 saturated carbocycles. The molecule has 3 atom stereocenters. The molecule has 3 heterocycles. The van der Waals surface area contributed by atoms with Gasteiger partial charge in [-0.05, 0) is 59.1 Å². The summed E-state index contributed by atoms with van der Waals surface area (Å²) in [4.78, 5) is 12.8. The molecule has 0 amide bonds. The van der Waals surface area contributed by atoms with Crippen LogP contribution in [0.3, 0.4) is 0 Å². The molecule has 3 rings (SSSR count). The summed E-state index contributed by atoms with van der Waals surface area (Å²) in [5.41, 5.74) is 1.45. The summed E-state index contributed by atoms with van der Waals surface area (Å²) >= 11 is 0. The number of unbranched alkanes of at least 4 members (excludes halogenated alkanes) is 1. The van der Waals surface area contributed by atoms with Crippen LogP contribution in [0.15, 0.2) is 24.7 Å². The molecule has 9 heteroatoms. The highest BCUT2D eigenvalue weighted by molar-refractivity contribution is 7.89. The third-order valence-corrected chi connectivity index (χ3v) is 7.97. The molecule has 2 aromatic rings. The van der Waals surface area contributed by atoms with E-state index in [0.29, 0.717) is 35.9 Å². The van der Waals surface area contributed by atoms with E-state index in [2.05, 4.69) is 15.0 Å². The molecule has 0 aromatic carbocycles. The van der Waals surface area contributed by atoms with Gasteiger partial charge in [0.25, 0.3) is 0 Å². The summed E-state index contributed by atoms with van der Waals surface area (Å²) in [6.07, 6.45) is 6.78. The number of hydrogen-bond acceptors (Lipinski definition) is 7. The quantitative estimate of drug-likeness (QED) is 0.516. The Balaban J connectivity index is 1.69. The van der Waals surface area contributed by atoms with Crippen molar-refractivity contribution in [2.24, 2.45) is 0 Å². The fraction of sp³-hybridized carbons (Fsp3) is 0.609. The number of aryl methyl sites for hydroxylation is 1. The zero-order valence-corrected chi connectivity index (χ0v) is 20.4. The Morgan fingerprint density at radius 1 is 1.19 bits per heavy atom. The molecular formula is C23H34N4O4S. The maximum Gasteiger partial charge on any atom is 0.229 e. The Kier molecular flexibility index (Phi) is 8.05. The van der Waals surface area contributed by atoms with Crippen molar-refractivity contribution in [3.63, 3.8) is 0 Å². The number of rotatable bonds is 10. The number of ether oxygens (including phenoxy) is 2. The fourth-order valence-electron chi connectivity index (χ4n) is 4.15. The van der Waals surface area contributed by atoms with E-state index in [1.54, 1.807) is 16.6 Å². The highest BCUT2D eigenvalue weighted by Crippen LogP contribution is 2.33. The van der Waals surface area contributed by atoms with Gasteiger partial charge in [0, 0.05) is 24.7 Å². The minimum absolute atomic E-state index is 0.0255. The topological polar surface area (TPSA) is 94.5 Å². The zero-order chi connectivity index (χ0) is 23.3. The van der Waals surface area contributed by atoms with Gasteiger partial charge in [-0.1, -0.05) is 13.3 Å². The van der Waals surface area contributed by atoms with Crippen LogP contribution in [0.4, 0.5) is 0 Å². The van der Waals surface area contributed by atoms with Crippen LogP contribution >= 0.6 is 0 Å². The van der Waals surface area contributed by atoms with Crippen molar-refractivity contribution in [2.45, 2.75) is 84.9 Å². The molecule has 8 nitrogen and oxygen atoms in total. The van der Waals surface area contributed by atoms with Crippen molar-refractivity contribution in [2.75, 3.05) is 5.75 Å². The van der Waals surface area contributed by atoms with Crippen LogP contribution in [0.2, 0.25) is 0 Å². The molecular weight excluding hydrogens is 428 g/mol. The van der Waals surface area contributed by atoms with Crippen molar-refractivity contribution < 1.29 is 17.9 Å². The lowest BCUT2D eigenvalue weighted by molar-refractivity contribution is 0.167. The van der Waals surface area contributed by atoms with Crippen molar-refractivity contribution >= 4 is 10.0 Å². The average molecular weight is 463 g/mol. The number of sulfonamides is 1. The Bertz CT molecular complexity index is 1010. The van der Waals surface area contributed by atoms with Crippen molar-refractivity contribution in [1.82, 2.24) is 19.3 Å². The number of nitrogens with zero attached hydrogens (tertiary/aromatic N) is 4. The second-order valence-electron chi connectivity index (χ2n) is 8.54. The summed E-state index contributed by atoms with van der Waals surface area (Å²) in [6, 6.07) is 3.61. The van der Waals surface area contributed by atoms with Gasteiger partial charge in [0.1, 0.15) is 6.33 Å². The Morgan fingerprint density at radius 2 is 1.94 bits per heavy atom. The van der Waals surface area contributed by atoms with E-state index in [4.69, 9.17) is 9.47 Å². The van der Waals surface area contributed by atoms with Gasteiger partial charge >= 0.3 is 0 Å². The second-order valence-corrected chi connectivity index (χ2v) is 10.5. The van der Waals surface area contributed by atoms with Gasteiger partial charge in [0.05, 0.1) is 23.1 Å². The third-order valence-electron chi connectivity index (χ3n) is 5.86. The average Bonchev–Trinajstić information content (AvgIpc) is 3.11. The summed E-state index contributed by atoms with van der Waals surface area (Å²) in [6.45, 7) is 9.67. The van der Waals surface area contributed by atoms with Crippen LogP contribution in [0.1, 0.15) is 64.1 Å². The molecule has 0 spiro atoms. The van der Waals surface area contributed by atoms with E-state index >= 15 is 0 Å². The maximum atomic E-state index is 12.9. The highest BCUT2D eigenvalue weighted by Gasteiger charge is 2.39. The van der Waals surface area contributed by atoms with Crippen LogP contribution in [0, 0.1) is 13.8 Å². The van der Waals surface area contributed by atoms with Crippen molar-refractivity contribution in [3.8, 4) is 17.5 Å². The summed E-state index contributed by atoms with van der Waals surface area (Å²) in [5, 5.41) is 0. The molecule has 2 unspecified atom stereocenters. The van der Waals surface area contributed by atoms with Crippen LogP contribution in [0.25, 0.3) is 0 Å². The van der Waals surface area contributed by atoms with E-state index in [9.17, 15) is 8.42 Å². The van der Waals surface area contributed by atoms with Crippen LogP contribution in [-0.4, -0.2) is 51.6 Å². The van der Waals surface area contributed by atoms with Crippen LogP contribution < -0.4 is 9.47 Å². The predicted molar refractivity (Wildman–Crippen MR) is 124 cm³/mol. The first-order chi connectivity index (χ1) is 15.2. The molecule has 0 bridgehead atoms. The monoisotopic (exact) mass is 462 g/mol. The largest absolute Gasteiger partial charge is 0.474 e. The van der Waals surface area contributed by atoms with Gasteiger partial charge in [-0.15, -0.1) is 0 Å². The smallest absolute Gasteiger partial charge is 0.229 e. The SMILES string of the molecule is CCCCS(=O)(=O)N1C(C)CCC1C[C@@H](C)Oc1ncnc(Oc2cccnc2C)c1C. The van der Waals surface area contributed by atoms with E-state index in [1.807, 2.05) is 40.7 Å². The molecule has 1 fully saturated rings. The minimum atomic E-state index is -3.27. The Labute approximate surface area is 191 Å². The van der Waals surface area contributed by atoms with E-state index < -0.39 is 10.0 Å². The van der Waals surface area contributed by atoms with Gasteiger partial charge in [-0.25, -0.2) is 18.4 Å². The first-order valence-electron chi connectivity index (χ1n) is 11.3. The maximum absolute atomic E-state index is 12.9. The molecule has 32 heavy (non-hydrogen) atoms. The lowest BCUT2D eigenvalue weighted by Crippen LogP contribution is -2.42. The van der Waals surface area contributed by atoms with Gasteiger partial charge < -0.3 is 9.47 Å². The van der Waals surface area contributed by atoms with Crippen molar-refractivity contribution in [3.05, 3.63) is 35.9 Å². The molecule has 0 aliphatic carbocycles. The summed E-state index contributed by atoms with van der Waals surface area (Å²) in [7, 11) is -3.27.